The summed E-state index contributed by atoms with van der Waals surface area (Å²) in [6.07, 6.45) is 4.37. The molecule has 0 aliphatic carbocycles. The van der Waals surface area contributed by atoms with Gasteiger partial charge in [-0.1, -0.05) is 24.8 Å². The number of para-hydroxylation sites is 1. The van der Waals surface area contributed by atoms with Crippen molar-refractivity contribution in [2.24, 2.45) is 0 Å². The van der Waals surface area contributed by atoms with Crippen LogP contribution in [-0.2, 0) is 11.3 Å². The Kier molecular flexibility index (Phi) is 5.38. The Morgan fingerprint density at radius 2 is 2.15 bits per heavy atom. The minimum Gasteiger partial charge on any atom is -0.502 e. The molecule has 4 heteroatoms. The molecule has 0 unspecified atom stereocenters. The van der Waals surface area contributed by atoms with Crippen molar-refractivity contribution in [1.29, 1.82) is 0 Å². The normalized spacial score (nSPS) is 10.4. The molecule has 0 amide bonds. The van der Waals surface area contributed by atoms with Gasteiger partial charge in [-0.2, -0.15) is 0 Å². The van der Waals surface area contributed by atoms with Gasteiger partial charge >= 0.3 is 0 Å². The number of benzene rings is 1. The fourth-order valence-corrected chi connectivity index (χ4v) is 2.13. The average Bonchev–Trinajstić information content (AvgIpc) is 2.84. The lowest BCUT2D eigenvalue weighted by Crippen LogP contribution is -2.18. The zero-order chi connectivity index (χ0) is 14.2. The fraction of sp³-hybridized carbons (Fsp3) is 0.312. The van der Waals surface area contributed by atoms with E-state index in [9.17, 15) is 0 Å². The summed E-state index contributed by atoms with van der Waals surface area (Å²) in [5.74, 6) is 1.00. The number of hydrogen-bond donors (Lipinski definition) is 1. The molecule has 0 radical (unpaired) electrons. The number of imidazole rings is 1. The molecule has 0 fully saturated rings. The lowest BCUT2D eigenvalue weighted by molar-refractivity contribution is 0.244. The maximum Gasteiger partial charge on any atom is 0.110 e. The maximum atomic E-state index is 5.09. The summed E-state index contributed by atoms with van der Waals surface area (Å²) in [5.41, 5.74) is 2.31. The second-order valence-electron chi connectivity index (χ2n) is 4.54. The van der Waals surface area contributed by atoms with Crippen LogP contribution in [-0.4, -0.2) is 22.7 Å². The highest BCUT2D eigenvalue weighted by atomic mass is 16.5. The van der Waals surface area contributed by atoms with Crippen LogP contribution in [0.4, 0.5) is 0 Å². The van der Waals surface area contributed by atoms with Gasteiger partial charge in [-0.05, 0) is 32.0 Å². The summed E-state index contributed by atoms with van der Waals surface area (Å²) < 4.78 is 7.26. The minimum atomic E-state index is 0.702. The van der Waals surface area contributed by atoms with Gasteiger partial charge in [0.05, 0.1) is 24.8 Å². The molecule has 1 aromatic carbocycles. The summed E-state index contributed by atoms with van der Waals surface area (Å²) in [4.78, 5) is 4.41. The molecule has 0 aliphatic rings. The molecule has 0 saturated carbocycles. The molecule has 0 aliphatic heterocycles. The zero-order valence-electron chi connectivity index (χ0n) is 11.9. The van der Waals surface area contributed by atoms with Crippen LogP contribution in [0.15, 0.2) is 49.4 Å². The molecule has 0 bridgehead atoms. The van der Waals surface area contributed by atoms with E-state index in [0.29, 0.717) is 6.61 Å². The third kappa shape index (κ3) is 3.71. The van der Waals surface area contributed by atoms with E-state index in [2.05, 4.69) is 33.6 Å². The van der Waals surface area contributed by atoms with Crippen molar-refractivity contribution in [3.63, 3.8) is 0 Å². The van der Waals surface area contributed by atoms with Gasteiger partial charge in [0.15, 0.2) is 0 Å². The molecule has 106 valence electrons. The Morgan fingerprint density at radius 3 is 2.90 bits per heavy atom. The van der Waals surface area contributed by atoms with Crippen LogP contribution in [0, 0.1) is 6.92 Å². The standard InChI is InChI=1S/C16H21N3O/c1-3-20-11-7-10-17-12-16-13-18-14(2)19(16)15-8-5-4-6-9-15/h3-6,8-9,13,17H,1,7,10-12H2,2H3. The first-order valence-corrected chi connectivity index (χ1v) is 6.85. The molecule has 1 aromatic heterocycles. The molecular formula is C16H21N3O. The van der Waals surface area contributed by atoms with Gasteiger partial charge in [0.2, 0.25) is 0 Å². The van der Waals surface area contributed by atoms with Crippen LogP contribution in [0.25, 0.3) is 5.69 Å². The molecule has 2 rings (SSSR count). The van der Waals surface area contributed by atoms with Crippen molar-refractivity contribution in [1.82, 2.24) is 14.9 Å². The van der Waals surface area contributed by atoms with Crippen molar-refractivity contribution in [2.45, 2.75) is 19.9 Å². The van der Waals surface area contributed by atoms with Gasteiger partial charge in [-0.15, -0.1) is 0 Å². The summed E-state index contributed by atoms with van der Waals surface area (Å²) in [6.45, 7) is 7.95. The molecule has 0 spiro atoms. The number of ether oxygens (including phenoxy) is 1. The lowest BCUT2D eigenvalue weighted by atomic mass is 10.3. The second-order valence-corrected chi connectivity index (χ2v) is 4.54. The van der Waals surface area contributed by atoms with Crippen LogP contribution in [0.2, 0.25) is 0 Å². The fourth-order valence-electron chi connectivity index (χ4n) is 2.13. The molecule has 4 nitrogen and oxygen atoms in total. The maximum absolute atomic E-state index is 5.09. The van der Waals surface area contributed by atoms with Crippen LogP contribution in [0.3, 0.4) is 0 Å². The third-order valence-corrected chi connectivity index (χ3v) is 3.07. The molecule has 2 aromatic rings. The summed E-state index contributed by atoms with van der Waals surface area (Å²) in [5, 5.41) is 3.41. The first-order valence-electron chi connectivity index (χ1n) is 6.85. The first-order chi connectivity index (χ1) is 9.83. The summed E-state index contributed by atoms with van der Waals surface area (Å²) in [6, 6.07) is 10.3. The van der Waals surface area contributed by atoms with Gasteiger partial charge < -0.3 is 10.1 Å². The lowest BCUT2D eigenvalue weighted by Gasteiger charge is -2.11. The molecule has 0 saturated heterocycles. The predicted molar refractivity (Wildman–Crippen MR) is 80.8 cm³/mol. The summed E-state index contributed by atoms with van der Waals surface area (Å²) in [7, 11) is 0. The second kappa shape index (κ2) is 7.50. The van der Waals surface area contributed by atoms with E-state index in [1.807, 2.05) is 31.3 Å². The topological polar surface area (TPSA) is 39.1 Å². The minimum absolute atomic E-state index is 0.702. The first kappa shape index (κ1) is 14.3. The Labute approximate surface area is 120 Å². The van der Waals surface area contributed by atoms with Crippen LogP contribution in [0.5, 0.6) is 0 Å². The third-order valence-electron chi connectivity index (χ3n) is 3.07. The van der Waals surface area contributed by atoms with E-state index in [0.717, 1.165) is 31.0 Å². The molecular weight excluding hydrogens is 250 g/mol. The highest BCUT2D eigenvalue weighted by Gasteiger charge is 2.07. The summed E-state index contributed by atoms with van der Waals surface area (Å²) >= 11 is 0. The van der Waals surface area contributed by atoms with Crippen LogP contribution >= 0.6 is 0 Å². The molecule has 1 heterocycles. The van der Waals surface area contributed by atoms with E-state index < -0.39 is 0 Å². The number of nitrogens with one attached hydrogen (secondary N) is 1. The van der Waals surface area contributed by atoms with E-state index >= 15 is 0 Å². The van der Waals surface area contributed by atoms with E-state index in [1.165, 1.54) is 12.0 Å². The predicted octanol–water partition coefficient (Wildman–Crippen LogP) is 2.82. The Morgan fingerprint density at radius 1 is 1.35 bits per heavy atom. The van der Waals surface area contributed by atoms with E-state index in [4.69, 9.17) is 4.74 Å². The highest BCUT2D eigenvalue weighted by molar-refractivity contribution is 5.35. The smallest absolute Gasteiger partial charge is 0.110 e. The number of hydrogen-bond acceptors (Lipinski definition) is 3. The van der Waals surface area contributed by atoms with Gasteiger partial charge in [-0.25, -0.2) is 4.98 Å². The Hall–Kier alpha value is -2.07. The average molecular weight is 271 g/mol. The van der Waals surface area contributed by atoms with Crippen LogP contribution in [0.1, 0.15) is 17.9 Å². The molecule has 0 atom stereocenters. The van der Waals surface area contributed by atoms with Gasteiger partial charge in [-0.3, -0.25) is 4.57 Å². The highest BCUT2D eigenvalue weighted by Crippen LogP contribution is 2.14. The molecule has 1 N–H and O–H groups in total. The number of rotatable bonds is 8. The monoisotopic (exact) mass is 271 g/mol. The van der Waals surface area contributed by atoms with Crippen molar-refractivity contribution >= 4 is 0 Å². The quantitative estimate of drug-likeness (QED) is 0.593. The van der Waals surface area contributed by atoms with E-state index in [1.54, 1.807) is 0 Å². The Bertz CT molecular complexity index is 534. The van der Waals surface area contributed by atoms with E-state index in [-0.39, 0.29) is 0 Å². The SMILES string of the molecule is C=COCCCNCc1cnc(C)n1-c1ccccc1. The van der Waals surface area contributed by atoms with Crippen molar-refractivity contribution in [3.05, 3.63) is 60.9 Å². The number of aryl methyl sites for hydroxylation is 1. The van der Waals surface area contributed by atoms with Crippen molar-refractivity contribution in [3.8, 4) is 5.69 Å². The Balaban J connectivity index is 1.94. The van der Waals surface area contributed by atoms with Crippen molar-refractivity contribution < 1.29 is 4.74 Å². The number of aromatic nitrogens is 2. The van der Waals surface area contributed by atoms with Gasteiger partial charge in [0.1, 0.15) is 5.82 Å². The largest absolute Gasteiger partial charge is 0.502 e. The van der Waals surface area contributed by atoms with Crippen molar-refractivity contribution in [2.75, 3.05) is 13.2 Å². The molecule has 20 heavy (non-hydrogen) atoms. The van der Waals surface area contributed by atoms with Gasteiger partial charge in [0, 0.05) is 12.2 Å². The zero-order valence-corrected chi connectivity index (χ0v) is 11.9. The van der Waals surface area contributed by atoms with Crippen LogP contribution < -0.4 is 5.32 Å². The number of nitrogens with zero attached hydrogens (tertiary/aromatic N) is 2. The van der Waals surface area contributed by atoms with Gasteiger partial charge in [0.25, 0.3) is 0 Å².